The Morgan fingerprint density at radius 3 is 1.77 bits per heavy atom. The zero-order valence-corrected chi connectivity index (χ0v) is 13.7. The summed E-state index contributed by atoms with van der Waals surface area (Å²) in [4.78, 5) is 0. The standard InChI is InChI=1S/C22H24/c1-14-6-8-20-16(10-14)12-18-4-3-5-19-13-17-11-15(2)7-9-21(17)22(18,19)20/h6-11,18-19H,3-5,12-13H2,1-2H3/t18-,19-,22?/m0/s1. The third-order valence-electron chi connectivity index (χ3n) is 6.74. The van der Waals surface area contributed by atoms with Gasteiger partial charge < -0.3 is 0 Å². The summed E-state index contributed by atoms with van der Waals surface area (Å²) < 4.78 is 0. The molecule has 2 aromatic rings. The lowest BCUT2D eigenvalue weighted by molar-refractivity contribution is 0.176. The number of hydrogen-bond donors (Lipinski definition) is 0. The Kier molecular flexibility index (Phi) is 2.50. The van der Waals surface area contributed by atoms with Gasteiger partial charge in [0.2, 0.25) is 0 Å². The molecular formula is C22H24. The van der Waals surface area contributed by atoms with Gasteiger partial charge in [-0.2, -0.15) is 0 Å². The molecule has 0 saturated heterocycles. The summed E-state index contributed by atoms with van der Waals surface area (Å²) in [5, 5.41) is 0. The molecule has 0 aromatic heterocycles. The molecule has 3 aliphatic rings. The van der Waals surface area contributed by atoms with Gasteiger partial charge in [-0.25, -0.2) is 0 Å². The van der Waals surface area contributed by atoms with Crippen molar-refractivity contribution in [2.45, 2.75) is 51.4 Å². The maximum atomic E-state index is 2.47. The molecule has 1 spiro atoms. The number of aryl methyl sites for hydroxylation is 2. The molecule has 5 rings (SSSR count). The highest BCUT2D eigenvalue weighted by atomic mass is 14.6. The van der Waals surface area contributed by atoms with Crippen LogP contribution in [-0.4, -0.2) is 0 Å². The molecule has 112 valence electrons. The first kappa shape index (κ1) is 12.9. The molecule has 0 nitrogen and oxygen atoms in total. The van der Waals surface area contributed by atoms with Crippen LogP contribution in [0.25, 0.3) is 0 Å². The van der Waals surface area contributed by atoms with E-state index < -0.39 is 0 Å². The van der Waals surface area contributed by atoms with E-state index in [-0.39, 0.29) is 0 Å². The Bertz CT molecular complexity index is 702. The Balaban J connectivity index is 1.81. The number of hydrogen-bond acceptors (Lipinski definition) is 0. The van der Waals surface area contributed by atoms with Crippen LogP contribution in [0.5, 0.6) is 0 Å². The van der Waals surface area contributed by atoms with E-state index >= 15 is 0 Å². The molecule has 0 heterocycles. The average molecular weight is 288 g/mol. The molecule has 0 N–H and O–H groups in total. The van der Waals surface area contributed by atoms with Crippen molar-refractivity contribution in [1.82, 2.24) is 0 Å². The van der Waals surface area contributed by atoms with Gasteiger partial charge in [0.1, 0.15) is 0 Å². The molecule has 2 atom stereocenters. The largest absolute Gasteiger partial charge is 0.0590 e. The molecule has 0 amide bonds. The second kappa shape index (κ2) is 4.25. The first-order valence-corrected chi connectivity index (χ1v) is 8.89. The highest BCUT2D eigenvalue weighted by molar-refractivity contribution is 5.57. The van der Waals surface area contributed by atoms with Crippen molar-refractivity contribution in [3.05, 3.63) is 69.8 Å². The molecular weight excluding hydrogens is 264 g/mol. The van der Waals surface area contributed by atoms with E-state index in [0.29, 0.717) is 5.41 Å². The first-order valence-electron chi connectivity index (χ1n) is 8.89. The Morgan fingerprint density at radius 2 is 1.27 bits per heavy atom. The van der Waals surface area contributed by atoms with E-state index in [0.717, 1.165) is 11.8 Å². The highest BCUT2D eigenvalue weighted by Gasteiger charge is 2.57. The molecule has 1 fully saturated rings. The minimum Gasteiger partial charge on any atom is -0.0590 e. The maximum Gasteiger partial charge on any atom is 0.0271 e. The normalized spacial score (nSPS) is 31.4. The summed E-state index contributed by atoms with van der Waals surface area (Å²) in [6.45, 7) is 4.48. The number of benzene rings is 2. The lowest BCUT2D eigenvalue weighted by atomic mass is 9.59. The van der Waals surface area contributed by atoms with E-state index in [1.54, 1.807) is 22.3 Å². The zero-order valence-electron chi connectivity index (χ0n) is 13.7. The molecule has 0 heteroatoms. The Hall–Kier alpha value is -1.56. The fourth-order valence-electron chi connectivity index (χ4n) is 6.07. The van der Waals surface area contributed by atoms with Crippen LogP contribution in [0.4, 0.5) is 0 Å². The minimum absolute atomic E-state index is 0.352. The lowest BCUT2D eigenvalue weighted by Crippen LogP contribution is -2.40. The van der Waals surface area contributed by atoms with Gasteiger partial charge in [-0.1, -0.05) is 53.9 Å². The SMILES string of the molecule is Cc1ccc2c(c1)C[C@@H]1CCC[C@H]3Cc4cc(C)ccc4C213. The second-order valence-electron chi connectivity index (χ2n) is 7.92. The van der Waals surface area contributed by atoms with Crippen LogP contribution < -0.4 is 0 Å². The van der Waals surface area contributed by atoms with Crippen molar-refractivity contribution < 1.29 is 0 Å². The van der Waals surface area contributed by atoms with Crippen LogP contribution in [0.3, 0.4) is 0 Å². The van der Waals surface area contributed by atoms with Crippen LogP contribution in [0, 0.1) is 25.7 Å². The van der Waals surface area contributed by atoms with Crippen molar-refractivity contribution in [3.63, 3.8) is 0 Å². The zero-order chi connectivity index (χ0) is 14.9. The molecule has 2 aromatic carbocycles. The van der Waals surface area contributed by atoms with Crippen molar-refractivity contribution >= 4 is 0 Å². The van der Waals surface area contributed by atoms with Crippen molar-refractivity contribution in [2.75, 3.05) is 0 Å². The van der Waals surface area contributed by atoms with Gasteiger partial charge in [0, 0.05) is 5.41 Å². The van der Waals surface area contributed by atoms with Crippen LogP contribution in [0.15, 0.2) is 36.4 Å². The minimum atomic E-state index is 0.352. The molecule has 0 bridgehead atoms. The van der Waals surface area contributed by atoms with Gasteiger partial charge in [0.05, 0.1) is 0 Å². The Labute approximate surface area is 133 Å². The summed E-state index contributed by atoms with van der Waals surface area (Å²) >= 11 is 0. The predicted octanol–water partition coefficient (Wildman–Crippen LogP) is 5.12. The second-order valence-corrected chi connectivity index (χ2v) is 7.92. The third kappa shape index (κ3) is 1.44. The van der Waals surface area contributed by atoms with Crippen LogP contribution in [0.2, 0.25) is 0 Å². The van der Waals surface area contributed by atoms with Crippen LogP contribution in [-0.2, 0) is 18.3 Å². The fraction of sp³-hybridized carbons (Fsp3) is 0.455. The van der Waals surface area contributed by atoms with E-state index in [4.69, 9.17) is 0 Å². The number of fused-ring (bicyclic) bond motifs is 2. The first-order chi connectivity index (χ1) is 10.7. The average Bonchev–Trinajstić information content (AvgIpc) is 2.99. The van der Waals surface area contributed by atoms with Gasteiger partial charge in [0.15, 0.2) is 0 Å². The molecule has 0 unspecified atom stereocenters. The summed E-state index contributed by atoms with van der Waals surface area (Å²) in [7, 11) is 0. The van der Waals surface area contributed by atoms with E-state index in [1.165, 1.54) is 43.2 Å². The molecule has 22 heavy (non-hydrogen) atoms. The third-order valence-corrected chi connectivity index (χ3v) is 6.74. The molecule has 0 radical (unpaired) electrons. The fourth-order valence-corrected chi connectivity index (χ4v) is 6.07. The van der Waals surface area contributed by atoms with Crippen LogP contribution in [0.1, 0.15) is 52.6 Å². The summed E-state index contributed by atoms with van der Waals surface area (Å²) in [6, 6.07) is 14.6. The summed E-state index contributed by atoms with van der Waals surface area (Å²) in [5.41, 5.74) is 9.84. The topological polar surface area (TPSA) is 0 Å². The maximum absolute atomic E-state index is 2.47. The van der Waals surface area contributed by atoms with Gasteiger partial charge in [-0.15, -0.1) is 0 Å². The van der Waals surface area contributed by atoms with Crippen molar-refractivity contribution in [3.8, 4) is 0 Å². The van der Waals surface area contributed by atoms with E-state index in [9.17, 15) is 0 Å². The van der Waals surface area contributed by atoms with Crippen molar-refractivity contribution in [1.29, 1.82) is 0 Å². The van der Waals surface area contributed by atoms with Crippen LogP contribution >= 0.6 is 0 Å². The lowest BCUT2D eigenvalue weighted by Gasteiger charge is -2.43. The Morgan fingerprint density at radius 1 is 0.773 bits per heavy atom. The van der Waals surface area contributed by atoms with E-state index in [1.807, 2.05) is 0 Å². The van der Waals surface area contributed by atoms with Crippen molar-refractivity contribution in [2.24, 2.45) is 11.8 Å². The monoisotopic (exact) mass is 288 g/mol. The summed E-state index contributed by atoms with van der Waals surface area (Å²) in [5.74, 6) is 1.68. The van der Waals surface area contributed by atoms with Gasteiger partial charge >= 0.3 is 0 Å². The summed E-state index contributed by atoms with van der Waals surface area (Å²) in [6.07, 6.45) is 6.87. The van der Waals surface area contributed by atoms with Gasteiger partial charge in [0.25, 0.3) is 0 Å². The predicted molar refractivity (Wildman–Crippen MR) is 91.4 cm³/mol. The number of rotatable bonds is 0. The molecule has 1 saturated carbocycles. The highest BCUT2D eigenvalue weighted by Crippen LogP contribution is 2.62. The van der Waals surface area contributed by atoms with Gasteiger partial charge in [-0.05, 0) is 73.6 Å². The molecule has 0 aliphatic heterocycles. The smallest absolute Gasteiger partial charge is 0.0271 e. The molecule has 3 aliphatic carbocycles. The quantitative estimate of drug-likeness (QED) is 0.631. The van der Waals surface area contributed by atoms with Gasteiger partial charge in [-0.3, -0.25) is 0 Å². The van der Waals surface area contributed by atoms with E-state index in [2.05, 4.69) is 50.2 Å².